The molecule has 0 atom stereocenters. The van der Waals surface area contributed by atoms with Gasteiger partial charge in [-0.1, -0.05) is 30.3 Å². The number of fused-ring (bicyclic) bond motifs is 4. The van der Waals surface area contributed by atoms with Gasteiger partial charge in [0.25, 0.3) is 0 Å². The topological polar surface area (TPSA) is 38.7 Å². The Morgan fingerprint density at radius 2 is 1.60 bits per heavy atom. The molecule has 0 aliphatic carbocycles. The van der Waals surface area contributed by atoms with Crippen LogP contribution in [0.2, 0.25) is 0 Å². The molecule has 4 heteroatoms. The molecule has 3 heterocycles. The largest absolute Gasteiger partial charge is 0.254 e. The highest BCUT2D eigenvalue weighted by Gasteiger charge is 2.12. The first-order chi connectivity index (χ1) is 12.2. The van der Waals surface area contributed by atoms with Crippen LogP contribution in [0.1, 0.15) is 11.4 Å². The molecule has 0 amide bonds. The monoisotopic (exact) mass is 341 g/mol. The summed E-state index contributed by atoms with van der Waals surface area (Å²) in [5.41, 5.74) is 5.65. The Labute approximate surface area is 149 Å². The standard InChI is InChI=1S/C21H15N3S/c1-12-13(2)24-21-17(23-12)9-10-22-20(21)14-7-8-16-15-5-3-4-6-18(15)25-19(16)11-14/h3-11H,1-2H3. The smallest absolute Gasteiger partial charge is 0.115 e. The summed E-state index contributed by atoms with van der Waals surface area (Å²) in [6.07, 6.45) is 1.82. The van der Waals surface area contributed by atoms with E-state index in [1.165, 1.54) is 20.2 Å². The summed E-state index contributed by atoms with van der Waals surface area (Å²) in [6, 6.07) is 17.0. The van der Waals surface area contributed by atoms with Gasteiger partial charge in [0.2, 0.25) is 0 Å². The Kier molecular flexibility index (Phi) is 3.09. The lowest BCUT2D eigenvalue weighted by Gasteiger charge is -2.07. The van der Waals surface area contributed by atoms with Crippen molar-refractivity contribution in [3.8, 4) is 11.3 Å². The van der Waals surface area contributed by atoms with Crippen LogP contribution in [0.15, 0.2) is 54.7 Å². The van der Waals surface area contributed by atoms with Crippen molar-refractivity contribution in [1.29, 1.82) is 0 Å². The second-order valence-electron chi connectivity index (χ2n) is 6.23. The van der Waals surface area contributed by atoms with E-state index in [4.69, 9.17) is 4.98 Å². The van der Waals surface area contributed by atoms with Crippen LogP contribution in [0, 0.1) is 13.8 Å². The van der Waals surface area contributed by atoms with E-state index < -0.39 is 0 Å². The molecule has 0 spiro atoms. The molecule has 0 bridgehead atoms. The average Bonchev–Trinajstić information content (AvgIpc) is 3.00. The van der Waals surface area contributed by atoms with E-state index in [0.717, 1.165) is 33.7 Å². The summed E-state index contributed by atoms with van der Waals surface area (Å²) in [5, 5.41) is 2.61. The second-order valence-corrected chi connectivity index (χ2v) is 7.31. The van der Waals surface area contributed by atoms with E-state index in [1.54, 1.807) is 0 Å². The fourth-order valence-electron chi connectivity index (χ4n) is 3.24. The van der Waals surface area contributed by atoms with Gasteiger partial charge in [0.1, 0.15) is 5.52 Å². The first-order valence-electron chi connectivity index (χ1n) is 8.22. The van der Waals surface area contributed by atoms with E-state index in [-0.39, 0.29) is 0 Å². The Morgan fingerprint density at radius 1 is 0.800 bits per heavy atom. The summed E-state index contributed by atoms with van der Waals surface area (Å²) >= 11 is 1.82. The van der Waals surface area contributed by atoms with E-state index in [9.17, 15) is 0 Å². The summed E-state index contributed by atoms with van der Waals surface area (Å²) in [6.45, 7) is 3.98. The molecule has 0 aliphatic heterocycles. The molecule has 0 aliphatic rings. The Bertz CT molecular complexity index is 1270. The van der Waals surface area contributed by atoms with Gasteiger partial charge < -0.3 is 0 Å². The molecule has 5 rings (SSSR count). The number of rotatable bonds is 1. The van der Waals surface area contributed by atoms with Crippen LogP contribution in [-0.4, -0.2) is 15.0 Å². The predicted octanol–water partition coefficient (Wildman–Crippen LogP) is 5.68. The number of aromatic nitrogens is 3. The Morgan fingerprint density at radius 3 is 2.52 bits per heavy atom. The Balaban J connectivity index is 1.79. The van der Waals surface area contributed by atoms with Gasteiger partial charge in [-0.15, -0.1) is 11.3 Å². The van der Waals surface area contributed by atoms with Crippen LogP contribution < -0.4 is 0 Å². The van der Waals surface area contributed by atoms with Gasteiger partial charge in [-0.05, 0) is 32.0 Å². The van der Waals surface area contributed by atoms with Crippen LogP contribution in [-0.2, 0) is 0 Å². The zero-order chi connectivity index (χ0) is 17.0. The van der Waals surface area contributed by atoms with Crippen molar-refractivity contribution in [1.82, 2.24) is 15.0 Å². The molecule has 2 aromatic carbocycles. The summed E-state index contributed by atoms with van der Waals surface area (Å²) in [4.78, 5) is 14.0. The zero-order valence-corrected chi connectivity index (χ0v) is 14.8. The quantitative estimate of drug-likeness (QED) is 0.394. The molecule has 3 nitrogen and oxygen atoms in total. The molecule has 0 fully saturated rings. The van der Waals surface area contributed by atoms with Gasteiger partial charge in [-0.3, -0.25) is 4.98 Å². The molecule has 0 N–H and O–H groups in total. The number of hydrogen-bond acceptors (Lipinski definition) is 4. The van der Waals surface area contributed by atoms with Crippen molar-refractivity contribution in [3.63, 3.8) is 0 Å². The predicted molar refractivity (Wildman–Crippen MR) is 105 cm³/mol. The van der Waals surface area contributed by atoms with Gasteiger partial charge >= 0.3 is 0 Å². The van der Waals surface area contributed by atoms with Crippen LogP contribution in [0.3, 0.4) is 0 Å². The fourth-order valence-corrected chi connectivity index (χ4v) is 4.38. The van der Waals surface area contributed by atoms with Crippen molar-refractivity contribution >= 4 is 42.5 Å². The molecule has 120 valence electrons. The van der Waals surface area contributed by atoms with Crippen LogP contribution in [0.5, 0.6) is 0 Å². The van der Waals surface area contributed by atoms with Gasteiger partial charge in [0.15, 0.2) is 0 Å². The number of hydrogen-bond donors (Lipinski definition) is 0. The summed E-state index contributed by atoms with van der Waals surface area (Å²) in [5.74, 6) is 0. The maximum absolute atomic E-state index is 4.75. The maximum atomic E-state index is 4.75. The van der Waals surface area contributed by atoms with E-state index in [1.807, 2.05) is 37.4 Å². The third-order valence-electron chi connectivity index (χ3n) is 4.65. The minimum atomic E-state index is 0.867. The summed E-state index contributed by atoms with van der Waals surface area (Å²) < 4.78 is 2.58. The van der Waals surface area contributed by atoms with E-state index in [0.29, 0.717) is 0 Å². The number of pyridine rings is 1. The first kappa shape index (κ1) is 14.5. The molecule has 0 radical (unpaired) electrons. The summed E-state index contributed by atoms with van der Waals surface area (Å²) in [7, 11) is 0. The fraction of sp³-hybridized carbons (Fsp3) is 0.0952. The lowest BCUT2D eigenvalue weighted by Crippen LogP contribution is -1.96. The van der Waals surface area contributed by atoms with E-state index in [2.05, 4.69) is 52.4 Å². The number of benzene rings is 2. The van der Waals surface area contributed by atoms with Gasteiger partial charge in [0, 0.05) is 31.9 Å². The zero-order valence-electron chi connectivity index (χ0n) is 13.9. The number of nitrogens with zero attached hydrogens (tertiary/aromatic N) is 3. The lowest BCUT2D eigenvalue weighted by atomic mass is 10.1. The highest BCUT2D eigenvalue weighted by atomic mass is 32.1. The Hall–Kier alpha value is -2.85. The van der Waals surface area contributed by atoms with Crippen molar-refractivity contribution in [2.24, 2.45) is 0 Å². The molecule has 0 saturated heterocycles. The van der Waals surface area contributed by atoms with Crippen molar-refractivity contribution < 1.29 is 0 Å². The maximum Gasteiger partial charge on any atom is 0.115 e. The molecular formula is C21H15N3S. The van der Waals surface area contributed by atoms with Crippen molar-refractivity contribution in [3.05, 3.63) is 66.1 Å². The third-order valence-corrected chi connectivity index (χ3v) is 5.78. The van der Waals surface area contributed by atoms with Crippen molar-refractivity contribution in [2.45, 2.75) is 13.8 Å². The molecular weight excluding hydrogens is 326 g/mol. The molecule has 0 saturated carbocycles. The molecule has 0 unspecified atom stereocenters. The highest BCUT2D eigenvalue weighted by Crippen LogP contribution is 2.36. The highest BCUT2D eigenvalue weighted by molar-refractivity contribution is 7.25. The first-order valence-corrected chi connectivity index (χ1v) is 9.04. The van der Waals surface area contributed by atoms with Crippen LogP contribution in [0.4, 0.5) is 0 Å². The number of aryl methyl sites for hydroxylation is 2. The van der Waals surface area contributed by atoms with Gasteiger partial charge in [0.05, 0.1) is 22.6 Å². The van der Waals surface area contributed by atoms with Gasteiger partial charge in [-0.25, -0.2) is 9.97 Å². The normalized spacial score (nSPS) is 11.6. The molecule has 25 heavy (non-hydrogen) atoms. The number of thiophene rings is 1. The second kappa shape index (κ2) is 5.33. The SMILES string of the molecule is Cc1nc2ccnc(-c3ccc4c(c3)sc3ccccc34)c2nc1C. The molecule has 5 aromatic rings. The average molecular weight is 341 g/mol. The lowest BCUT2D eigenvalue weighted by molar-refractivity contribution is 1.09. The van der Waals surface area contributed by atoms with Gasteiger partial charge in [-0.2, -0.15) is 0 Å². The van der Waals surface area contributed by atoms with Crippen LogP contribution >= 0.6 is 11.3 Å². The van der Waals surface area contributed by atoms with Crippen molar-refractivity contribution in [2.75, 3.05) is 0 Å². The minimum Gasteiger partial charge on any atom is -0.254 e. The van der Waals surface area contributed by atoms with Crippen LogP contribution in [0.25, 0.3) is 42.5 Å². The third kappa shape index (κ3) is 2.22. The van der Waals surface area contributed by atoms with E-state index >= 15 is 0 Å². The minimum absolute atomic E-state index is 0.867. The molecule has 3 aromatic heterocycles.